The second kappa shape index (κ2) is 8.97. The first-order chi connectivity index (χ1) is 9.14. The summed E-state index contributed by atoms with van der Waals surface area (Å²) in [6.07, 6.45) is 14.9. The lowest BCUT2D eigenvalue weighted by molar-refractivity contribution is 0.188. The highest BCUT2D eigenvalue weighted by atomic mass is 19.1. The van der Waals surface area contributed by atoms with Crippen molar-refractivity contribution in [3.63, 3.8) is 0 Å². The fourth-order valence-corrected chi connectivity index (χ4v) is 3.47. The molecule has 1 saturated carbocycles. The van der Waals surface area contributed by atoms with Crippen LogP contribution in [-0.4, -0.2) is 6.17 Å². The van der Waals surface area contributed by atoms with E-state index < -0.39 is 6.17 Å². The third-order valence-electron chi connectivity index (χ3n) is 5.06. The molecule has 0 N–H and O–H groups in total. The van der Waals surface area contributed by atoms with Crippen molar-refractivity contribution >= 4 is 0 Å². The van der Waals surface area contributed by atoms with E-state index >= 15 is 0 Å². The van der Waals surface area contributed by atoms with Crippen molar-refractivity contribution in [1.82, 2.24) is 0 Å². The van der Waals surface area contributed by atoms with Crippen LogP contribution in [0.1, 0.15) is 97.8 Å². The van der Waals surface area contributed by atoms with Crippen LogP contribution in [0.25, 0.3) is 0 Å². The van der Waals surface area contributed by atoms with Crippen LogP contribution in [-0.2, 0) is 0 Å². The lowest BCUT2D eigenvalue weighted by Crippen LogP contribution is -2.20. The summed E-state index contributed by atoms with van der Waals surface area (Å²) in [6, 6.07) is 0. The van der Waals surface area contributed by atoms with E-state index in [1.54, 1.807) is 0 Å². The maximum atomic E-state index is 13.5. The molecule has 0 nitrogen and oxygen atoms in total. The lowest BCUT2D eigenvalue weighted by Gasteiger charge is -2.30. The van der Waals surface area contributed by atoms with Crippen LogP contribution in [0.2, 0.25) is 0 Å². The molecule has 0 aromatic rings. The quantitative estimate of drug-likeness (QED) is 0.347. The Morgan fingerprint density at radius 3 is 1.68 bits per heavy atom. The molecule has 0 aromatic heterocycles. The molecule has 0 saturated heterocycles. The van der Waals surface area contributed by atoms with Gasteiger partial charge in [-0.1, -0.05) is 78.6 Å². The molecule has 1 aliphatic rings. The molecule has 1 aliphatic carbocycles. The zero-order valence-corrected chi connectivity index (χ0v) is 13.5. The van der Waals surface area contributed by atoms with Crippen LogP contribution in [0.3, 0.4) is 0 Å². The first-order valence-corrected chi connectivity index (χ1v) is 8.78. The van der Waals surface area contributed by atoms with Crippen molar-refractivity contribution in [2.45, 2.75) is 104 Å². The van der Waals surface area contributed by atoms with E-state index in [9.17, 15) is 4.39 Å². The zero-order chi connectivity index (χ0) is 14.1. The Balaban J connectivity index is 2.25. The standard InChI is InChI=1S/C18H35F/c1-4-6-8-10-12-14-18(3,16-15-17(16)19)13-11-9-7-5-2/h16-17H,4-15H2,1-3H3. The fourth-order valence-electron chi connectivity index (χ4n) is 3.47. The van der Waals surface area contributed by atoms with Crippen molar-refractivity contribution in [1.29, 1.82) is 0 Å². The van der Waals surface area contributed by atoms with E-state index in [0.717, 1.165) is 6.42 Å². The molecule has 114 valence electrons. The summed E-state index contributed by atoms with van der Waals surface area (Å²) in [5.74, 6) is 0.389. The minimum Gasteiger partial charge on any atom is -0.247 e. The average Bonchev–Trinajstić information content (AvgIpc) is 3.13. The smallest absolute Gasteiger partial charge is 0.104 e. The van der Waals surface area contributed by atoms with Crippen molar-refractivity contribution in [2.75, 3.05) is 0 Å². The summed E-state index contributed by atoms with van der Waals surface area (Å²) < 4.78 is 13.5. The minimum atomic E-state index is -0.480. The molecule has 0 bridgehead atoms. The lowest BCUT2D eigenvalue weighted by atomic mass is 9.75. The molecule has 1 rings (SSSR count). The summed E-state index contributed by atoms with van der Waals surface area (Å²) in [5, 5.41) is 0. The summed E-state index contributed by atoms with van der Waals surface area (Å²) >= 11 is 0. The van der Waals surface area contributed by atoms with Gasteiger partial charge in [-0.2, -0.15) is 0 Å². The predicted octanol–water partition coefficient (Wildman–Crippen LogP) is 6.68. The highest BCUT2D eigenvalue weighted by Crippen LogP contribution is 2.53. The highest BCUT2D eigenvalue weighted by Gasteiger charge is 2.49. The Morgan fingerprint density at radius 2 is 1.26 bits per heavy atom. The van der Waals surface area contributed by atoms with Gasteiger partial charge in [0.1, 0.15) is 6.17 Å². The fraction of sp³-hybridized carbons (Fsp3) is 1.00. The van der Waals surface area contributed by atoms with Crippen molar-refractivity contribution in [2.24, 2.45) is 11.3 Å². The van der Waals surface area contributed by atoms with Gasteiger partial charge in [0.25, 0.3) is 0 Å². The van der Waals surface area contributed by atoms with Gasteiger partial charge in [0, 0.05) is 0 Å². The second-order valence-electron chi connectivity index (χ2n) is 6.99. The van der Waals surface area contributed by atoms with Crippen LogP contribution >= 0.6 is 0 Å². The number of hydrogen-bond acceptors (Lipinski definition) is 0. The van der Waals surface area contributed by atoms with E-state index in [1.807, 2.05) is 0 Å². The molecule has 3 atom stereocenters. The molecule has 19 heavy (non-hydrogen) atoms. The van der Waals surface area contributed by atoms with Gasteiger partial charge in [-0.25, -0.2) is 4.39 Å². The molecule has 0 aliphatic heterocycles. The number of rotatable bonds is 12. The van der Waals surface area contributed by atoms with E-state index in [-0.39, 0.29) is 0 Å². The van der Waals surface area contributed by atoms with Crippen LogP contribution in [0, 0.1) is 11.3 Å². The maximum Gasteiger partial charge on any atom is 0.104 e. The Hall–Kier alpha value is -0.0700. The molecule has 1 fully saturated rings. The van der Waals surface area contributed by atoms with Crippen LogP contribution in [0.15, 0.2) is 0 Å². The Labute approximate surface area is 120 Å². The molecule has 0 amide bonds. The summed E-state index contributed by atoms with van der Waals surface area (Å²) in [4.78, 5) is 0. The SMILES string of the molecule is CCCCCCCC(C)(CCCCCC)C1CC1F. The largest absolute Gasteiger partial charge is 0.247 e. The topological polar surface area (TPSA) is 0 Å². The molecule has 0 spiro atoms. The van der Waals surface area contributed by atoms with Gasteiger partial charge in [0.15, 0.2) is 0 Å². The van der Waals surface area contributed by atoms with Crippen LogP contribution < -0.4 is 0 Å². The molecule has 0 heterocycles. The number of halogens is 1. The third-order valence-corrected chi connectivity index (χ3v) is 5.06. The van der Waals surface area contributed by atoms with E-state index in [4.69, 9.17) is 0 Å². The predicted molar refractivity (Wildman–Crippen MR) is 83.2 cm³/mol. The van der Waals surface area contributed by atoms with Gasteiger partial charge in [-0.05, 0) is 30.6 Å². The average molecular weight is 270 g/mol. The first-order valence-electron chi connectivity index (χ1n) is 8.78. The minimum absolute atomic E-state index is 0.305. The van der Waals surface area contributed by atoms with Gasteiger partial charge < -0.3 is 0 Å². The summed E-state index contributed by atoms with van der Waals surface area (Å²) in [6.45, 7) is 6.88. The zero-order valence-electron chi connectivity index (χ0n) is 13.5. The van der Waals surface area contributed by atoms with Gasteiger partial charge in [0.05, 0.1) is 0 Å². The van der Waals surface area contributed by atoms with E-state index in [1.165, 1.54) is 70.6 Å². The highest BCUT2D eigenvalue weighted by molar-refractivity contribution is 4.98. The van der Waals surface area contributed by atoms with E-state index in [2.05, 4.69) is 20.8 Å². The van der Waals surface area contributed by atoms with Gasteiger partial charge in [-0.15, -0.1) is 0 Å². The Kier molecular flexibility index (Phi) is 8.02. The number of hydrogen-bond donors (Lipinski definition) is 0. The molecule has 0 radical (unpaired) electrons. The number of unbranched alkanes of at least 4 members (excludes halogenated alkanes) is 7. The molecular formula is C18H35F. The first kappa shape index (κ1) is 17.0. The molecule has 3 unspecified atom stereocenters. The van der Waals surface area contributed by atoms with Crippen molar-refractivity contribution in [3.05, 3.63) is 0 Å². The van der Waals surface area contributed by atoms with Crippen LogP contribution in [0.5, 0.6) is 0 Å². The third kappa shape index (κ3) is 6.27. The van der Waals surface area contributed by atoms with E-state index in [0.29, 0.717) is 11.3 Å². The molecular weight excluding hydrogens is 235 g/mol. The normalized spacial score (nSPS) is 25.3. The van der Waals surface area contributed by atoms with Gasteiger partial charge in [-0.3, -0.25) is 0 Å². The van der Waals surface area contributed by atoms with Crippen molar-refractivity contribution < 1.29 is 4.39 Å². The second-order valence-corrected chi connectivity index (χ2v) is 6.99. The van der Waals surface area contributed by atoms with Crippen molar-refractivity contribution in [3.8, 4) is 0 Å². The van der Waals surface area contributed by atoms with Gasteiger partial charge >= 0.3 is 0 Å². The molecule has 1 heteroatoms. The Bertz CT molecular complexity index is 226. The summed E-state index contributed by atoms with van der Waals surface area (Å²) in [7, 11) is 0. The monoisotopic (exact) mass is 270 g/mol. The number of alkyl halides is 1. The molecule has 0 aromatic carbocycles. The summed E-state index contributed by atoms with van der Waals surface area (Å²) in [5.41, 5.74) is 0.305. The maximum absolute atomic E-state index is 13.5. The Morgan fingerprint density at radius 1 is 0.842 bits per heavy atom. The van der Waals surface area contributed by atoms with Gasteiger partial charge in [0.2, 0.25) is 0 Å². The van der Waals surface area contributed by atoms with Crippen LogP contribution in [0.4, 0.5) is 4.39 Å².